The average molecular weight is 286 g/mol. The Morgan fingerprint density at radius 2 is 1.84 bits per heavy atom. The zero-order valence-electron chi connectivity index (χ0n) is 11.6. The van der Waals surface area contributed by atoms with E-state index < -0.39 is 0 Å². The summed E-state index contributed by atoms with van der Waals surface area (Å²) in [5.74, 6) is 1.77. The van der Waals surface area contributed by atoms with Gasteiger partial charge in [-0.15, -0.1) is 22.6 Å². The summed E-state index contributed by atoms with van der Waals surface area (Å²) < 4.78 is 2.07. The van der Waals surface area contributed by atoms with Crippen molar-refractivity contribution in [2.75, 3.05) is 26.2 Å². The molecular formula is C13H24ClN5. The molecule has 1 aromatic heterocycles. The predicted molar refractivity (Wildman–Crippen MR) is 77.7 cm³/mol. The second kappa shape index (κ2) is 6.68. The average Bonchev–Trinajstić information content (AvgIpc) is 2.86. The number of nitrogens with one attached hydrogen (secondary N) is 1. The van der Waals surface area contributed by atoms with Crippen molar-refractivity contribution in [1.82, 2.24) is 25.0 Å². The van der Waals surface area contributed by atoms with Crippen LogP contribution in [-0.2, 0) is 7.05 Å². The van der Waals surface area contributed by atoms with E-state index in [-0.39, 0.29) is 12.4 Å². The minimum Gasteiger partial charge on any atom is -0.320 e. The maximum absolute atomic E-state index is 4.26. The third-order valence-electron chi connectivity index (χ3n) is 4.47. The Labute approximate surface area is 121 Å². The Hall–Kier alpha value is -0.650. The first kappa shape index (κ1) is 14.8. The van der Waals surface area contributed by atoms with Crippen molar-refractivity contribution < 1.29 is 0 Å². The Balaban J connectivity index is 0.00000133. The van der Waals surface area contributed by atoms with Crippen LogP contribution in [0, 0.1) is 0 Å². The summed E-state index contributed by atoms with van der Waals surface area (Å²) >= 11 is 0. The van der Waals surface area contributed by atoms with Crippen LogP contribution < -0.4 is 5.32 Å². The number of likely N-dealkylation sites (tertiary alicyclic amines) is 1. The molecule has 2 aliphatic rings. The fourth-order valence-electron chi connectivity index (χ4n) is 3.36. The molecule has 108 valence electrons. The smallest absolute Gasteiger partial charge is 0.135 e. The van der Waals surface area contributed by atoms with Crippen LogP contribution in [0.15, 0.2) is 6.33 Å². The van der Waals surface area contributed by atoms with Gasteiger partial charge in [-0.1, -0.05) is 0 Å². The molecule has 0 unspecified atom stereocenters. The van der Waals surface area contributed by atoms with E-state index in [1.54, 1.807) is 0 Å². The lowest BCUT2D eigenvalue weighted by molar-refractivity contribution is 0.125. The quantitative estimate of drug-likeness (QED) is 0.886. The molecule has 0 amide bonds. The summed E-state index contributed by atoms with van der Waals surface area (Å²) in [6.07, 6.45) is 6.91. The van der Waals surface area contributed by atoms with Crippen molar-refractivity contribution in [1.29, 1.82) is 0 Å². The van der Waals surface area contributed by atoms with Gasteiger partial charge in [-0.3, -0.25) is 0 Å². The van der Waals surface area contributed by atoms with Gasteiger partial charge in [0.1, 0.15) is 12.2 Å². The summed E-state index contributed by atoms with van der Waals surface area (Å²) in [5, 5.41) is 11.7. The predicted octanol–water partition coefficient (Wildman–Crippen LogP) is 1.17. The van der Waals surface area contributed by atoms with Gasteiger partial charge < -0.3 is 14.8 Å². The lowest BCUT2D eigenvalue weighted by atomic mass is 9.93. The van der Waals surface area contributed by atoms with Gasteiger partial charge in [0.05, 0.1) is 0 Å². The van der Waals surface area contributed by atoms with Crippen molar-refractivity contribution in [3.63, 3.8) is 0 Å². The van der Waals surface area contributed by atoms with E-state index in [4.69, 9.17) is 0 Å². The van der Waals surface area contributed by atoms with E-state index >= 15 is 0 Å². The Morgan fingerprint density at radius 3 is 2.42 bits per heavy atom. The highest BCUT2D eigenvalue weighted by atomic mass is 35.5. The van der Waals surface area contributed by atoms with Crippen molar-refractivity contribution in [2.45, 2.75) is 37.6 Å². The maximum atomic E-state index is 4.26. The van der Waals surface area contributed by atoms with Crippen LogP contribution in [0.5, 0.6) is 0 Å². The third-order valence-corrected chi connectivity index (χ3v) is 4.47. The van der Waals surface area contributed by atoms with Gasteiger partial charge in [0.15, 0.2) is 0 Å². The molecule has 0 saturated carbocycles. The van der Waals surface area contributed by atoms with Crippen LogP contribution >= 0.6 is 12.4 Å². The van der Waals surface area contributed by atoms with Gasteiger partial charge in [-0.05, 0) is 51.9 Å². The van der Waals surface area contributed by atoms with E-state index in [1.165, 1.54) is 57.7 Å². The summed E-state index contributed by atoms with van der Waals surface area (Å²) in [6.45, 7) is 4.83. The van der Waals surface area contributed by atoms with E-state index in [2.05, 4.69) is 32.0 Å². The number of rotatable bonds is 2. The molecule has 1 aromatic rings. The highest BCUT2D eigenvalue weighted by molar-refractivity contribution is 5.85. The SMILES string of the molecule is Cl.Cn1cnnc1C1CCN(C2CCNCC2)CC1. The Bertz CT molecular complexity index is 380. The van der Waals surface area contributed by atoms with E-state index in [0.717, 1.165) is 6.04 Å². The molecule has 19 heavy (non-hydrogen) atoms. The largest absolute Gasteiger partial charge is 0.320 e. The van der Waals surface area contributed by atoms with Crippen LogP contribution in [0.25, 0.3) is 0 Å². The standard InChI is InChI=1S/C13H23N5.ClH/c1-17-10-15-16-13(17)11-4-8-18(9-5-11)12-2-6-14-7-3-12;/h10-12,14H,2-9H2,1H3;1H. The summed E-state index contributed by atoms with van der Waals surface area (Å²) in [4.78, 5) is 2.69. The maximum Gasteiger partial charge on any atom is 0.135 e. The molecule has 5 nitrogen and oxygen atoms in total. The van der Waals surface area contributed by atoms with E-state index in [1.807, 2.05) is 6.33 Å². The van der Waals surface area contributed by atoms with E-state index in [0.29, 0.717) is 5.92 Å². The number of piperidine rings is 2. The molecule has 0 aliphatic carbocycles. The Morgan fingerprint density at radius 1 is 1.16 bits per heavy atom. The zero-order chi connectivity index (χ0) is 12.4. The van der Waals surface area contributed by atoms with Gasteiger partial charge in [-0.25, -0.2) is 0 Å². The van der Waals surface area contributed by atoms with Crippen LogP contribution in [0.4, 0.5) is 0 Å². The molecule has 2 aliphatic heterocycles. The minimum atomic E-state index is 0. The molecule has 1 N–H and O–H groups in total. The monoisotopic (exact) mass is 285 g/mol. The van der Waals surface area contributed by atoms with Crippen molar-refractivity contribution in [3.8, 4) is 0 Å². The lowest BCUT2D eigenvalue weighted by Gasteiger charge is -2.39. The molecule has 0 aromatic carbocycles. The topological polar surface area (TPSA) is 46.0 Å². The second-order valence-electron chi connectivity index (χ2n) is 5.59. The van der Waals surface area contributed by atoms with Gasteiger partial charge in [0, 0.05) is 19.0 Å². The lowest BCUT2D eigenvalue weighted by Crippen LogP contribution is -2.46. The number of halogens is 1. The summed E-state index contributed by atoms with van der Waals surface area (Å²) in [6, 6.07) is 0.812. The Kier molecular flexibility index (Phi) is 5.19. The summed E-state index contributed by atoms with van der Waals surface area (Å²) in [5.41, 5.74) is 0. The molecule has 3 rings (SSSR count). The fourth-order valence-corrected chi connectivity index (χ4v) is 3.36. The van der Waals surface area contributed by atoms with Gasteiger partial charge in [-0.2, -0.15) is 0 Å². The number of hydrogen-bond acceptors (Lipinski definition) is 4. The van der Waals surface area contributed by atoms with Crippen LogP contribution in [-0.4, -0.2) is 51.9 Å². The molecule has 6 heteroatoms. The normalized spacial score (nSPS) is 23.2. The molecule has 0 spiro atoms. The van der Waals surface area contributed by atoms with Crippen molar-refractivity contribution in [2.24, 2.45) is 7.05 Å². The molecule has 0 radical (unpaired) electrons. The van der Waals surface area contributed by atoms with Gasteiger partial charge in [0.25, 0.3) is 0 Å². The van der Waals surface area contributed by atoms with Crippen LogP contribution in [0.1, 0.15) is 37.4 Å². The number of nitrogens with zero attached hydrogens (tertiary/aromatic N) is 4. The molecule has 0 bridgehead atoms. The van der Waals surface area contributed by atoms with E-state index in [9.17, 15) is 0 Å². The molecule has 2 fully saturated rings. The molecular weight excluding hydrogens is 262 g/mol. The second-order valence-corrected chi connectivity index (χ2v) is 5.59. The first-order valence-corrected chi connectivity index (χ1v) is 7.13. The van der Waals surface area contributed by atoms with Crippen LogP contribution in [0.2, 0.25) is 0 Å². The van der Waals surface area contributed by atoms with Gasteiger partial charge in [0.2, 0.25) is 0 Å². The fraction of sp³-hybridized carbons (Fsp3) is 0.846. The minimum absolute atomic E-state index is 0. The highest BCUT2D eigenvalue weighted by Gasteiger charge is 2.28. The number of hydrogen-bond donors (Lipinski definition) is 1. The van der Waals surface area contributed by atoms with Gasteiger partial charge >= 0.3 is 0 Å². The molecule has 0 atom stereocenters. The van der Waals surface area contributed by atoms with Crippen molar-refractivity contribution >= 4 is 12.4 Å². The third kappa shape index (κ3) is 3.27. The molecule has 3 heterocycles. The summed E-state index contributed by atoms with van der Waals surface area (Å²) in [7, 11) is 2.05. The first-order chi connectivity index (χ1) is 8.84. The molecule has 2 saturated heterocycles. The zero-order valence-corrected chi connectivity index (χ0v) is 12.4. The number of aryl methyl sites for hydroxylation is 1. The van der Waals surface area contributed by atoms with Crippen LogP contribution in [0.3, 0.4) is 0 Å². The highest BCUT2D eigenvalue weighted by Crippen LogP contribution is 2.28. The van der Waals surface area contributed by atoms with Crippen molar-refractivity contribution in [3.05, 3.63) is 12.2 Å². The number of aromatic nitrogens is 3. The first-order valence-electron chi connectivity index (χ1n) is 7.13.